The molecule has 1 atom stereocenters. The molecular formula is C15H24N2. The van der Waals surface area contributed by atoms with Gasteiger partial charge in [0.15, 0.2) is 0 Å². The van der Waals surface area contributed by atoms with Crippen LogP contribution in [0.4, 0.5) is 0 Å². The lowest BCUT2D eigenvalue weighted by molar-refractivity contribution is 0.0999. The van der Waals surface area contributed by atoms with Crippen molar-refractivity contribution in [2.75, 3.05) is 19.6 Å². The molecule has 0 amide bonds. The fraction of sp³-hybridized carbons (Fsp3) is 0.600. The van der Waals surface area contributed by atoms with Crippen molar-refractivity contribution in [3.63, 3.8) is 0 Å². The van der Waals surface area contributed by atoms with E-state index in [2.05, 4.69) is 54.4 Å². The minimum atomic E-state index is 0.551. The first-order valence-corrected chi connectivity index (χ1v) is 6.88. The second-order valence-corrected chi connectivity index (χ2v) is 4.84. The first-order valence-electron chi connectivity index (χ1n) is 6.88. The Balaban J connectivity index is 2.17. The SMILES string of the molecule is CCC(CC)N1CCNCC1c1ccccc1. The van der Waals surface area contributed by atoms with Gasteiger partial charge in [0.1, 0.15) is 0 Å². The van der Waals surface area contributed by atoms with Crippen molar-refractivity contribution >= 4 is 0 Å². The smallest absolute Gasteiger partial charge is 0.0476 e. The zero-order valence-electron chi connectivity index (χ0n) is 11.0. The van der Waals surface area contributed by atoms with Crippen molar-refractivity contribution < 1.29 is 0 Å². The van der Waals surface area contributed by atoms with Crippen molar-refractivity contribution in [2.45, 2.75) is 38.8 Å². The summed E-state index contributed by atoms with van der Waals surface area (Å²) in [4.78, 5) is 2.69. The molecule has 0 saturated carbocycles. The molecule has 17 heavy (non-hydrogen) atoms. The normalized spacial score (nSPS) is 21.9. The maximum atomic E-state index is 3.52. The predicted octanol–water partition coefficient (Wildman–Crippen LogP) is 2.82. The van der Waals surface area contributed by atoms with E-state index in [-0.39, 0.29) is 0 Å². The van der Waals surface area contributed by atoms with Gasteiger partial charge in [0, 0.05) is 31.7 Å². The Morgan fingerprint density at radius 2 is 1.94 bits per heavy atom. The third kappa shape index (κ3) is 2.88. The lowest BCUT2D eigenvalue weighted by atomic mass is 9.99. The van der Waals surface area contributed by atoms with Crippen LogP contribution in [0, 0.1) is 0 Å². The summed E-state index contributed by atoms with van der Waals surface area (Å²) in [5, 5.41) is 3.52. The molecule has 2 heteroatoms. The lowest BCUT2D eigenvalue weighted by Gasteiger charge is -2.41. The number of hydrogen-bond acceptors (Lipinski definition) is 2. The van der Waals surface area contributed by atoms with Gasteiger partial charge < -0.3 is 5.32 Å². The van der Waals surface area contributed by atoms with Gasteiger partial charge in [-0.3, -0.25) is 4.90 Å². The summed E-state index contributed by atoms with van der Waals surface area (Å²) in [6.07, 6.45) is 2.50. The van der Waals surface area contributed by atoms with E-state index in [0.29, 0.717) is 6.04 Å². The lowest BCUT2D eigenvalue weighted by Crippen LogP contribution is -2.50. The maximum absolute atomic E-state index is 3.52. The van der Waals surface area contributed by atoms with Crippen LogP contribution < -0.4 is 5.32 Å². The van der Waals surface area contributed by atoms with Crippen LogP contribution in [0.3, 0.4) is 0 Å². The van der Waals surface area contributed by atoms with Gasteiger partial charge in [-0.05, 0) is 18.4 Å². The van der Waals surface area contributed by atoms with Crippen LogP contribution in [0.15, 0.2) is 30.3 Å². The van der Waals surface area contributed by atoms with Gasteiger partial charge in [-0.25, -0.2) is 0 Å². The van der Waals surface area contributed by atoms with E-state index in [0.717, 1.165) is 19.1 Å². The van der Waals surface area contributed by atoms with Gasteiger partial charge in [0.2, 0.25) is 0 Å². The third-order valence-corrected chi connectivity index (χ3v) is 3.88. The van der Waals surface area contributed by atoms with Crippen LogP contribution in [0.2, 0.25) is 0 Å². The van der Waals surface area contributed by atoms with Crippen LogP contribution in [-0.4, -0.2) is 30.6 Å². The molecule has 1 fully saturated rings. The fourth-order valence-corrected chi connectivity index (χ4v) is 2.90. The Bertz CT molecular complexity index is 319. The second kappa shape index (κ2) is 6.18. The van der Waals surface area contributed by atoms with Crippen LogP contribution in [0.5, 0.6) is 0 Å². The molecule has 1 N–H and O–H groups in total. The third-order valence-electron chi connectivity index (χ3n) is 3.88. The van der Waals surface area contributed by atoms with Crippen LogP contribution >= 0.6 is 0 Å². The maximum Gasteiger partial charge on any atom is 0.0476 e. The van der Waals surface area contributed by atoms with E-state index >= 15 is 0 Å². The summed E-state index contributed by atoms with van der Waals surface area (Å²) in [5.74, 6) is 0. The molecule has 1 unspecified atom stereocenters. The number of hydrogen-bond donors (Lipinski definition) is 1. The summed E-state index contributed by atoms with van der Waals surface area (Å²) in [7, 11) is 0. The highest BCUT2D eigenvalue weighted by molar-refractivity contribution is 5.20. The molecule has 0 bridgehead atoms. The number of rotatable bonds is 4. The number of nitrogens with zero attached hydrogens (tertiary/aromatic N) is 1. The molecule has 1 aromatic rings. The molecule has 0 spiro atoms. The van der Waals surface area contributed by atoms with Gasteiger partial charge >= 0.3 is 0 Å². The summed E-state index contributed by atoms with van der Waals surface area (Å²) in [6, 6.07) is 12.2. The summed E-state index contributed by atoms with van der Waals surface area (Å²) in [5.41, 5.74) is 1.45. The van der Waals surface area contributed by atoms with Gasteiger partial charge in [-0.2, -0.15) is 0 Å². The van der Waals surface area contributed by atoms with E-state index in [1.165, 1.54) is 24.9 Å². The number of piperazine rings is 1. The highest BCUT2D eigenvalue weighted by Crippen LogP contribution is 2.26. The Labute approximate surface area is 105 Å². The highest BCUT2D eigenvalue weighted by atomic mass is 15.2. The largest absolute Gasteiger partial charge is 0.314 e. The molecule has 2 nitrogen and oxygen atoms in total. The molecule has 1 heterocycles. The molecule has 1 aromatic carbocycles. The minimum absolute atomic E-state index is 0.551. The number of nitrogens with one attached hydrogen (secondary N) is 1. The van der Waals surface area contributed by atoms with Gasteiger partial charge in [0.05, 0.1) is 0 Å². The van der Waals surface area contributed by atoms with E-state index in [1.807, 2.05) is 0 Å². The first-order chi connectivity index (χ1) is 8.36. The Hall–Kier alpha value is -0.860. The first kappa shape index (κ1) is 12.6. The molecule has 0 aliphatic carbocycles. The second-order valence-electron chi connectivity index (χ2n) is 4.84. The van der Waals surface area contributed by atoms with Crippen molar-refractivity contribution in [2.24, 2.45) is 0 Å². The van der Waals surface area contributed by atoms with E-state index < -0.39 is 0 Å². The van der Waals surface area contributed by atoms with Gasteiger partial charge in [0.25, 0.3) is 0 Å². The molecule has 1 aliphatic rings. The minimum Gasteiger partial charge on any atom is -0.314 e. The molecule has 1 saturated heterocycles. The van der Waals surface area contributed by atoms with Crippen molar-refractivity contribution in [1.82, 2.24) is 10.2 Å². The van der Waals surface area contributed by atoms with Crippen LogP contribution in [-0.2, 0) is 0 Å². The molecule has 2 rings (SSSR count). The quantitative estimate of drug-likeness (QED) is 0.858. The average molecular weight is 232 g/mol. The van der Waals surface area contributed by atoms with Gasteiger partial charge in [-0.1, -0.05) is 44.2 Å². The average Bonchev–Trinajstić information content (AvgIpc) is 2.42. The van der Waals surface area contributed by atoms with E-state index in [1.54, 1.807) is 0 Å². The molecule has 1 aliphatic heterocycles. The monoisotopic (exact) mass is 232 g/mol. The Morgan fingerprint density at radius 1 is 1.24 bits per heavy atom. The summed E-state index contributed by atoms with van der Waals surface area (Å²) in [6.45, 7) is 7.99. The Kier molecular flexibility index (Phi) is 4.57. The van der Waals surface area contributed by atoms with E-state index in [9.17, 15) is 0 Å². The fourth-order valence-electron chi connectivity index (χ4n) is 2.90. The number of benzene rings is 1. The molecule has 0 aromatic heterocycles. The van der Waals surface area contributed by atoms with Crippen molar-refractivity contribution in [3.05, 3.63) is 35.9 Å². The summed E-state index contributed by atoms with van der Waals surface area (Å²) < 4.78 is 0. The predicted molar refractivity (Wildman–Crippen MR) is 73.1 cm³/mol. The zero-order chi connectivity index (χ0) is 12.1. The Morgan fingerprint density at radius 3 is 2.59 bits per heavy atom. The van der Waals surface area contributed by atoms with Crippen LogP contribution in [0.25, 0.3) is 0 Å². The topological polar surface area (TPSA) is 15.3 Å². The molecular weight excluding hydrogens is 208 g/mol. The van der Waals surface area contributed by atoms with Crippen LogP contribution in [0.1, 0.15) is 38.3 Å². The van der Waals surface area contributed by atoms with Gasteiger partial charge in [-0.15, -0.1) is 0 Å². The van der Waals surface area contributed by atoms with Crippen molar-refractivity contribution in [1.29, 1.82) is 0 Å². The van der Waals surface area contributed by atoms with Crippen molar-refractivity contribution in [3.8, 4) is 0 Å². The van der Waals surface area contributed by atoms with E-state index in [4.69, 9.17) is 0 Å². The zero-order valence-corrected chi connectivity index (χ0v) is 11.0. The highest BCUT2D eigenvalue weighted by Gasteiger charge is 2.27. The summed E-state index contributed by atoms with van der Waals surface area (Å²) >= 11 is 0. The standard InChI is InChI=1S/C15H24N2/c1-3-14(4-2)17-11-10-16-12-15(17)13-8-6-5-7-9-13/h5-9,14-16H,3-4,10-12H2,1-2H3. The molecule has 94 valence electrons. The molecule has 0 radical (unpaired) electrons.